The number of hydrogen-bond donors (Lipinski definition) is 1. The van der Waals surface area contributed by atoms with Gasteiger partial charge in [0, 0.05) is 54.0 Å². The monoisotopic (exact) mass is 410 g/mol. The maximum absolute atomic E-state index is 10.5. The Morgan fingerprint density at radius 1 is 1.10 bits per heavy atom. The Bertz CT molecular complexity index is 1000. The van der Waals surface area contributed by atoms with E-state index in [2.05, 4.69) is 59.7 Å². The molecule has 4 rings (SSSR count). The number of β-amino-alcohol motifs (C(OH)–C–C–N with tert-alkyl or cyclic N) is 1. The van der Waals surface area contributed by atoms with Gasteiger partial charge in [-0.05, 0) is 32.0 Å². The molecule has 2 heterocycles. The van der Waals surface area contributed by atoms with Crippen molar-refractivity contribution in [3.63, 3.8) is 0 Å². The summed E-state index contributed by atoms with van der Waals surface area (Å²) in [6, 6.07) is 14.7. The van der Waals surface area contributed by atoms with E-state index in [1.165, 1.54) is 22.0 Å². The van der Waals surface area contributed by atoms with Crippen molar-refractivity contribution in [2.24, 2.45) is 0 Å². The van der Waals surface area contributed by atoms with Crippen molar-refractivity contribution in [1.82, 2.24) is 9.47 Å². The Hall–Kier alpha value is -1.95. The molecule has 5 heteroatoms. The number of thioether (sulfide) groups is 1. The maximum Gasteiger partial charge on any atom is 0.129 e. The molecule has 3 aromatic rings. The average molecular weight is 411 g/mol. The zero-order valence-corrected chi connectivity index (χ0v) is 18.1. The van der Waals surface area contributed by atoms with E-state index in [1.54, 1.807) is 0 Å². The molecular weight excluding hydrogens is 380 g/mol. The minimum atomic E-state index is -0.479. The molecule has 0 radical (unpaired) electrons. The van der Waals surface area contributed by atoms with Crippen LogP contribution in [0.1, 0.15) is 13.8 Å². The number of para-hydroxylation sites is 1. The number of hydrogen-bond acceptors (Lipinski definition) is 4. The summed E-state index contributed by atoms with van der Waals surface area (Å²) >= 11 is 1.99. The van der Waals surface area contributed by atoms with E-state index in [0.717, 1.165) is 42.3 Å². The van der Waals surface area contributed by atoms with Crippen LogP contribution < -0.4 is 4.74 Å². The molecule has 1 N–H and O–H groups in total. The van der Waals surface area contributed by atoms with Crippen molar-refractivity contribution < 1.29 is 9.84 Å². The molecule has 1 aliphatic heterocycles. The molecule has 1 atom stereocenters. The Labute approximate surface area is 177 Å². The van der Waals surface area contributed by atoms with Crippen molar-refractivity contribution in [2.45, 2.75) is 26.5 Å². The number of benzene rings is 2. The average Bonchev–Trinajstić information content (AvgIpc) is 3.06. The molecule has 154 valence electrons. The number of nitrogens with zero attached hydrogens (tertiary/aromatic N) is 2. The Morgan fingerprint density at radius 2 is 1.86 bits per heavy atom. The molecule has 1 fully saturated rings. The first kappa shape index (κ1) is 20.3. The fourth-order valence-corrected chi connectivity index (χ4v) is 4.96. The van der Waals surface area contributed by atoms with Crippen LogP contribution in [-0.4, -0.2) is 58.4 Å². The van der Waals surface area contributed by atoms with Gasteiger partial charge < -0.3 is 14.4 Å². The first-order valence-electron chi connectivity index (χ1n) is 10.4. The van der Waals surface area contributed by atoms with Crippen LogP contribution in [0.3, 0.4) is 0 Å². The van der Waals surface area contributed by atoms with Crippen molar-refractivity contribution >= 4 is 33.6 Å². The summed E-state index contributed by atoms with van der Waals surface area (Å²) in [5.41, 5.74) is 3.69. The molecule has 0 spiro atoms. The topological polar surface area (TPSA) is 37.6 Å². The lowest BCUT2D eigenvalue weighted by Gasteiger charge is -2.28. The number of fused-ring (bicyclic) bond motifs is 3. The van der Waals surface area contributed by atoms with Crippen LogP contribution in [-0.2, 0) is 6.54 Å². The third-order valence-electron chi connectivity index (χ3n) is 5.45. The van der Waals surface area contributed by atoms with Crippen LogP contribution in [0.4, 0.5) is 0 Å². The highest BCUT2D eigenvalue weighted by Crippen LogP contribution is 2.35. The van der Waals surface area contributed by atoms with Gasteiger partial charge in [0.15, 0.2) is 0 Å². The SMILES string of the molecule is CC(C)=CCn1c2ccccc2c2c(OCC(O)CN3CCSCC3)cccc21. The van der Waals surface area contributed by atoms with Crippen molar-refractivity contribution in [3.8, 4) is 5.75 Å². The number of aliphatic hydroxyl groups excluding tert-OH is 1. The molecule has 4 nitrogen and oxygen atoms in total. The minimum absolute atomic E-state index is 0.316. The highest BCUT2D eigenvalue weighted by Gasteiger charge is 2.17. The number of aliphatic hydroxyl groups is 1. The zero-order valence-electron chi connectivity index (χ0n) is 17.3. The van der Waals surface area contributed by atoms with Crippen LogP contribution in [0.25, 0.3) is 21.8 Å². The van der Waals surface area contributed by atoms with E-state index in [0.29, 0.717) is 13.2 Å². The third kappa shape index (κ3) is 4.63. The predicted molar refractivity (Wildman–Crippen MR) is 124 cm³/mol. The van der Waals surface area contributed by atoms with E-state index in [4.69, 9.17) is 4.74 Å². The van der Waals surface area contributed by atoms with Gasteiger partial charge in [0.05, 0.1) is 5.52 Å². The van der Waals surface area contributed by atoms with Gasteiger partial charge in [0.25, 0.3) is 0 Å². The lowest BCUT2D eigenvalue weighted by Crippen LogP contribution is -2.40. The highest BCUT2D eigenvalue weighted by molar-refractivity contribution is 7.99. The third-order valence-corrected chi connectivity index (χ3v) is 6.39. The molecule has 0 aliphatic carbocycles. The van der Waals surface area contributed by atoms with E-state index in [9.17, 15) is 5.11 Å². The van der Waals surface area contributed by atoms with E-state index >= 15 is 0 Å². The molecule has 1 aromatic heterocycles. The van der Waals surface area contributed by atoms with Gasteiger partial charge in [0.2, 0.25) is 0 Å². The van der Waals surface area contributed by atoms with Crippen molar-refractivity contribution in [1.29, 1.82) is 0 Å². The van der Waals surface area contributed by atoms with Gasteiger partial charge in [-0.25, -0.2) is 0 Å². The van der Waals surface area contributed by atoms with Crippen LogP contribution in [0.15, 0.2) is 54.1 Å². The summed E-state index contributed by atoms with van der Waals surface area (Å²) in [6.45, 7) is 8.19. The smallest absolute Gasteiger partial charge is 0.129 e. The molecule has 0 saturated carbocycles. The van der Waals surface area contributed by atoms with E-state index in [1.807, 2.05) is 23.9 Å². The first-order valence-corrected chi connectivity index (χ1v) is 11.5. The molecule has 0 amide bonds. The number of allylic oxidation sites excluding steroid dienone is 2. The molecule has 29 heavy (non-hydrogen) atoms. The van der Waals surface area contributed by atoms with Crippen molar-refractivity contribution in [2.75, 3.05) is 37.7 Å². The van der Waals surface area contributed by atoms with Gasteiger partial charge in [-0.3, -0.25) is 4.90 Å². The second-order valence-corrected chi connectivity index (χ2v) is 9.16. The van der Waals surface area contributed by atoms with E-state index in [-0.39, 0.29) is 0 Å². The maximum atomic E-state index is 10.5. The second kappa shape index (κ2) is 9.24. The molecule has 0 bridgehead atoms. The Balaban J connectivity index is 1.60. The minimum Gasteiger partial charge on any atom is -0.490 e. The first-order chi connectivity index (χ1) is 14.1. The van der Waals surface area contributed by atoms with Crippen LogP contribution in [0.2, 0.25) is 0 Å². The predicted octanol–water partition coefficient (Wildman–Crippen LogP) is 4.55. The largest absolute Gasteiger partial charge is 0.490 e. The van der Waals surface area contributed by atoms with Gasteiger partial charge in [0.1, 0.15) is 18.5 Å². The number of aromatic nitrogens is 1. The molecule has 2 aromatic carbocycles. The number of rotatable bonds is 7. The summed E-state index contributed by atoms with van der Waals surface area (Å²) in [5, 5.41) is 12.8. The summed E-state index contributed by atoms with van der Waals surface area (Å²) < 4.78 is 8.50. The van der Waals surface area contributed by atoms with Crippen LogP contribution in [0, 0.1) is 0 Å². The second-order valence-electron chi connectivity index (χ2n) is 7.94. The van der Waals surface area contributed by atoms with Gasteiger partial charge in [-0.15, -0.1) is 0 Å². The van der Waals surface area contributed by atoms with Gasteiger partial charge in [-0.2, -0.15) is 11.8 Å². The number of ether oxygens (including phenoxy) is 1. The van der Waals surface area contributed by atoms with Crippen LogP contribution >= 0.6 is 11.8 Å². The summed E-state index contributed by atoms with van der Waals surface area (Å²) in [7, 11) is 0. The molecule has 1 saturated heterocycles. The highest BCUT2D eigenvalue weighted by atomic mass is 32.2. The lowest BCUT2D eigenvalue weighted by molar-refractivity contribution is 0.0721. The zero-order chi connectivity index (χ0) is 20.2. The summed E-state index contributed by atoms with van der Waals surface area (Å²) in [4.78, 5) is 2.33. The Kier molecular flexibility index (Phi) is 6.48. The quantitative estimate of drug-likeness (QED) is 0.580. The summed E-state index contributed by atoms with van der Waals surface area (Å²) in [6.07, 6.45) is 1.77. The Morgan fingerprint density at radius 3 is 2.66 bits per heavy atom. The summed E-state index contributed by atoms with van der Waals surface area (Å²) in [5.74, 6) is 3.15. The standard InChI is InChI=1S/C24H30N2O2S/c1-18(2)10-11-26-21-7-4-3-6-20(21)24-22(26)8-5-9-23(24)28-17-19(27)16-25-12-14-29-15-13-25/h3-10,19,27H,11-17H2,1-2H3. The van der Waals surface area contributed by atoms with Gasteiger partial charge in [-0.1, -0.05) is 35.9 Å². The van der Waals surface area contributed by atoms with Crippen LogP contribution in [0.5, 0.6) is 5.75 Å². The van der Waals surface area contributed by atoms with Gasteiger partial charge >= 0.3 is 0 Å². The normalized spacial score (nSPS) is 16.2. The lowest BCUT2D eigenvalue weighted by atomic mass is 10.1. The van der Waals surface area contributed by atoms with E-state index < -0.39 is 6.10 Å². The molecule has 1 aliphatic rings. The molecular formula is C24H30N2O2S. The fourth-order valence-electron chi connectivity index (χ4n) is 3.98. The van der Waals surface area contributed by atoms with Crippen molar-refractivity contribution in [3.05, 3.63) is 54.1 Å². The molecule has 1 unspecified atom stereocenters. The fraction of sp³-hybridized carbons (Fsp3) is 0.417.